The fourth-order valence-electron chi connectivity index (χ4n) is 3.50. The second-order valence-electron chi connectivity index (χ2n) is 6.60. The molecule has 1 N–H and O–H groups in total. The van der Waals surface area contributed by atoms with Crippen molar-refractivity contribution in [2.24, 2.45) is 11.8 Å². The lowest BCUT2D eigenvalue weighted by atomic mass is 9.81. The van der Waals surface area contributed by atoms with Gasteiger partial charge in [-0.25, -0.2) is 4.68 Å². The molecule has 8 nitrogen and oxygen atoms in total. The van der Waals surface area contributed by atoms with Crippen molar-refractivity contribution < 1.29 is 14.3 Å². The minimum absolute atomic E-state index is 0.0540. The van der Waals surface area contributed by atoms with Crippen LogP contribution in [0.4, 0.5) is 5.69 Å². The number of amides is 1. The molecule has 0 bridgehead atoms. The smallest absolute Gasteiger partial charge is 0.227 e. The molecule has 0 saturated heterocycles. The molecule has 1 amide bonds. The number of hydrogen-bond donors (Lipinski definition) is 1. The Morgan fingerprint density at radius 1 is 1.16 bits per heavy atom. The van der Waals surface area contributed by atoms with Crippen molar-refractivity contribution in [3.8, 4) is 11.5 Å². The van der Waals surface area contributed by atoms with E-state index in [9.17, 15) is 4.79 Å². The highest BCUT2D eigenvalue weighted by molar-refractivity contribution is 5.92. The summed E-state index contributed by atoms with van der Waals surface area (Å²) in [6.07, 6.45) is 5.45. The molecule has 25 heavy (non-hydrogen) atoms. The summed E-state index contributed by atoms with van der Waals surface area (Å²) < 4.78 is 12.8. The number of ether oxygens (including phenoxy) is 2. The van der Waals surface area contributed by atoms with Gasteiger partial charge in [-0.15, -0.1) is 5.10 Å². The number of benzene rings is 1. The predicted molar refractivity (Wildman–Crippen MR) is 89.3 cm³/mol. The largest absolute Gasteiger partial charge is 0.486 e. The Kier molecular flexibility index (Phi) is 4.49. The fraction of sp³-hybridized carbons (Fsp3) is 0.529. The lowest BCUT2D eigenvalue weighted by Crippen LogP contribution is -2.28. The average Bonchev–Trinajstić information content (AvgIpc) is 3.15. The van der Waals surface area contributed by atoms with Gasteiger partial charge in [0.15, 0.2) is 11.5 Å². The van der Waals surface area contributed by atoms with Crippen LogP contribution in [-0.2, 0) is 11.3 Å². The first-order valence-electron chi connectivity index (χ1n) is 8.69. The molecule has 2 aliphatic rings. The number of aromatic nitrogens is 4. The Morgan fingerprint density at radius 3 is 2.72 bits per heavy atom. The van der Waals surface area contributed by atoms with E-state index in [2.05, 4.69) is 20.8 Å². The van der Waals surface area contributed by atoms with Crippen molar-refractivity contribution in [2.75, 3.05) is 18.5 Å². The van der Waals surface area contributed by atoms with E-state index >= 15 is 0 Å². The molecule has 0 spiro atoms. The second-order valence-corrected chi connectivity index (χ2v) is 6.60. The molecular weight excluding hydrogens is 322 g/mol. The number of hydrogen-bond acceptors (Lipinski definition) is 6. The summed E-state index contributed by atoms with van der Waals surface area (Å²) >= 11 is 0. The lowest BCUT2D eigenvalue weighted by molar-refractivity contribution is -0.121. The minimum Gasteiger partial charge on any atom is -0.486 e. The van der Waals surface area contributed by atoms with Gasteiger partial charge >= 0.3 is 0 Å². The zero-order chi connectivity index (χ0) is 17.1. The molecule has 132 valence electrons. The number of tetrazole rings is 1. The van der Waals surface area contributed by atoms with E-state index in [0.29, 0.717) is 24.9 Å². The number of carbonyl (C=O) groups is 1. The average molecular weight is 343 g/mol. The highest BCUT2D eigenvalue weighted by atomic mass is 16.6. The molecular formula is C17H21N5O3. The van der Waals surface area contributed by atoms with Crippen molar-refractivity contribution in [3.05, 3.63) is 24.5 Å². The van der Waals surface area contributed by atoms with Crippen LogP contribution in [0.3, 0.4) is 0 Å². The van der Waals surface area contributed by atoms with E-state index in [-0.39, 0.29) is 11.8 Å². The molecule has 8 heteroatoms. The number of anilines is 1. The van der Waals surface area contributed by atoms with Gasteiger partial charge in [0.2, 0.25) is 5.91 Å². The molecule has 1 aliphatic carbocycles. The minimum atomic E-state index is 0.0540. The molecule has 0 radical (unpaired) electrons. The molecule has 1 saturated carbocycles. The third-order valence-electron chi connectivity index (χ3n) is 4.86. The molecule has 0 atom stereocenters. The van der Waals surface area contributed by atoms with E-state index in [0.717, 1.165) is 43.7 Å². The van der Waals surface area contributed by atoms with Crippen LogP contribution in [0.5, 0.6) is 11.5 Å². The summed E-state index contributed by atoms with van der Waals surface area (Å²) in [5, 5.41) is 14.2. The quantitative estimate of drug-likeness (QED) is 0.911. The number of nitrogens with zero attached hydrogens (tertiary/aromatic N) is 4. The van der Waals surface area contributed by atoms with Crippen LogP contribution in [0.1, 0.15) is 25.7 Å². The Bertz CT molecular complexity index is 726. The lowest BCUT2D eigenvalue weighted by Gasteiger charge is -2.27. The highest BCUT2D eigenvalue weighted by Gasteiger charge is 2.27. The van der Waals surface area contributed by atoms with Crippen LogP contribution in [0.25, 0.3) is 0 Å². The van der Waals surface area contributed by atoms with Gasteiger partial charge in [-0.05, 0) is 54.2 Å². The van der Waals surface area contributed by atoms with Crippen LogP contribution in [0.15, 0.2) is 24.5 Å². The van der Waals surface area contributed by atoms with Crippen LogP contribution in [0.2, 0.25) is 0 Å². The third kappa shape index (κ3) is 3.72. The van der Waals surface area contributed by atoms with Gasteiger partial charge in [0.25, 0.3) is 0 Å². The van der Waals surface area contributed by atoms with E-state index in [4.69, 9.17) is 9.47 Å². The van der Waals surface area contributed by atoms with E-state index in [1.165, 1.54) is 0 Å². The molecule has 2 aromatic rings. The van der Waals surface area contributed by atoms with Gasteiger partial charge in [-0.1, -0.05) is 0 Å². The van der Waals surface area contributed by atoms with E-state index in [1.807, 2.05) is 18.2 Å². The Morgan fingerprint density at radius 2 is 1.96 bits per heavy atom. The fourth-order valence-corrected chi connectivity index (χ4v) is 3.50. The maximum atomic E-state index is 12.5. The first-order valence-corrected chi connectivity index (χ1v) is 8.69. The molecule has 1 fully saturated rings. The van der Waals surface area contributed by atoms with Gasteiger partial charge in [0.05, 0.1) is 0 Å². The van der Waals surface area contributed by atoms with Gasteiger partial charge in [-0.2, -0.15) is 0 Å². The standard InChI is InChI=1S/C17H21N5O3/c23-17(19-14-5-6-15-16(9-14)25-8-7-24-15)13-3-1-12(2-4-13)10-22-11-18-20-21-22/h5-6,9,11-13H,1-4,7-8,10H2,(H,19,23). The Hall–Kier alpha value is -2.64. The van der Waals surface area contributed by atoms with Crippen molar-refractivity contribution in [1.82, 2.24) is 20.2 Å². The van der Waals surface area contributed by atoms with Crippen LogP contribution in [-0.4, -0.2) is 39.3 Å². The summed E-state index contributed by atoms with van der Waals surface area (Å²) in [6, 6.07) is 5.53. The van der Waals surface area contributed by atoms with Crippen LogP contribution in [0, 0.1) is 11.8 Å². The summed E-state index contributed by atoms with van der Waals surface area (Å²) in [7, 11) is 0. The molecule has 1 aromatic heterocycles. The molecule has 0 unspecified atom stereocenters. The summed E-state index contributed by atoms with van der Waals surface area (Å²) in [6.45, 7) is 1.92. The number of carbonyl (C=O) groups excluding carboxylic acids is 1. The SMILES string of the molecule is O=C(Nc1ccc2c(c1)OCCO2)C1CCC(Cn2cnnn2)CC1. The topological polar surface area (TPSA) is 91.2 Å². The Labute approximate surface area is 145 Å². The molecule has 2 heterocycles. The zero-order valence-corrected chi connectivity index (χ0v) is 13.9. The van der Waals surface area contributed by atoms with Gasteiger partial charge in [-0.3, -0.25) is 4.79 Å². The van der Waals surface area contributed by atoms with Crippen molar-refractivity contribution >= 4 is 11.6 Å². The zero-order valence-electron chi connectivity index (χ0n) is 13.9. The first kappa shape index (κ1) is 15.9. The van der Waals surface area contributed by atoms with Gasteiger partial charge in [0.1, 0.15) is 19.5 Å². The first-order chi connectivity index (χ1) is 12.3. The van der Waals surface area contributed by atoms with E-state index in [1.54, 1.807) is 11.0 Å². The van der Waals surface area contributed by atoms with Gasteiger partial charge < -0.3 is 14.8 Å². The third-order valence-corrected chi connectivity index (χ3v) is 4.86. The number of rotatable bonds is 4. The Balaban J connectivity index is 1.30. The van der Waals surface area contributed by atoms with Crippen molar-refractivity contribution in [2.45, 2.75) is 32.2 Å². The maximum Gasteiger partial charge on any atom is 0.227 e. The summed E-state index contributed by atoms with van der Waals surface area (Å²) in [5.74, 6) is 2.08. The van der Waals surface area contributed by atoms with Crippen molar-refractivity contribution in [1.29, 1.82) is 0 Å². The predicted octanol–water partition coefficient (Wildman–Crippen LogP) is 1.89. The number of nitrogens with one attached hydrogen (secondary N) is 1. The summed E-state index contributed by atoms with van der Waals surface area (Å²) in [4.78, 5) is 12.5. The highest BCUT2D eigenvalue weighted by Crippen LogP contribution is 2.34. The molecule has 1 aliphatic heterocycles. The van der Waals surface area contributed by atoms with E-state index < -0.39 is 0 Å². The van der Waals surface area contributed by atoms with Crippen LogP contribution >= 0.6 is 0 Å². The second kappa shape index (κ2) is 7.08. The van der Waals surface area contributed by atoms with Crippen molar-refractivity contribution in [3.63, 3.8) is 0 Å². The molecule has 4 rings (SSSR count). The number of fused-ring (bicyclic) bond motifs is 1. The monoisotopic (exact) mass is 343 g/mol. The summed E-state index contributed by atoms with van der Waals surface area (Å²) in [5.41, 5.74) is 0.755. The van der Waals surface area contributed by atoms with Gasteiger partial charge in [0, 0.05) is 24.2 Å². The molecule has 1 aromatic carbocycles. The normalized spacial score (nSPS) is 22.4. The van der Waals surface area contributed by atoms with Crippen LogP contribution < -0.4 is 14.8 Å². The maximum absolute atomic E-state index is 12.5.